The monoisotopic (exact) mass is 412 g/mol. The van der Waals surface area contributed by atoms with Crippen molar-refractivity contribution in [2.24, 2.45) is 0 Å². The molecule has 0 bridgehead atoms. The molecule has 29 heavy (non-hydrogen) atoms. The zero-order valence-corrected chi connectivity index (χ0v) is 16.5. The van der Waals surface area contributed by atoms with E-state index in [9.17, 15) is 18.6 Å². The van der Waals surface area contributed by atoms with Crippen LogP contribution in [-0.2, 0) is 23.1 Å². The van der Waals surface area contributed by atoms with Crippen LogP contribution in [0.1, 0.15) is 11.1 Å². The number of anilines is 1. The summed E-state index contributed by atoms with van der Waals surface area (Å²) >= 11 is 0. The number of hydrogen-bond acceptors (Lipinski definition) is 5. The predicted octanol–water partition coefficient (Wildman–Crippen LogP) is 3.35. The largest absolute Gasteiger partial charge is 0.506 e. The number of aryl methyl sites for hydroxylation is 2. The fourth-order valence-electron chi connectivity index (χ4n) is 3.32. The number of nitrogens with one attached hydrogen (secondary N) is 1. The minimum absolute atomic E-state index is 0.0707. The second-order valence-corrected chi connectivity index (χ2v) is 8.34. The van der Waals surface area contributed by atoms with Crippen LogP contribution in [0.5, 0.6) is 11.5 Å². The van der Waals surface area contributed by atoms with Gasteiger partial charge >= 0.3 is 10.2 Å². The number of hydrogen-bond donors (Lipinski definition) is 3. The first-order chi connectivity index (χ1) is 13.9. The summed E-state index contributed by atoms with van der Waals surface area (Å²) in [4.78, 5) is 0. The SMILES string of the molecule is COc1ccc(CCc2ccc3cc(O)c(N4C=C(O)NS4(=O)=O)cc3c2)cc1. The highest BCUT2D eigenvalue weighted by Gasteiger charge is 2.30. The van der Waals surface area contributed by atoms with E-state index in [1.807, 2.05) is 47.2 Å². The van der Waals surface area contributed by atoms with E-state index in [4.69, 9.17) is 4.74 Å². The summed E-state index contributed by atoms with van der Waals surface area (Å²) in [5.74, 6) is 0.121. The van der Waals surface area contributed by atoms with Gasteiger partial charge in [-0.3, -0.25) is 0 Å². The number of rotatable bonds is 5. The van der Waals surface area contributed by atoms with Gasteiger partial charge in [-0.25, -0.2) is 9.03 Å². The molecule has 0 radical (unpaired) electrons. The van der Waals surface area contributed by atoms with Crippen LogP contribution in [0.4, 0.5) is 5.69 Å². The number of aromatic hydroxyl groups is 1. The van der Waals surface area contributed by atoms with Gasteiger partial charge in [0.2, 0.25) is 5.88 Å². The highest BCUT2D eigenvalue weighted by atomic mass is 32.2. The molecular formula is C21H20N2O5S. The molecule has 0 amide bonds. The van der Waals surface area contributed by atoms with Gasteiger partial charge in [0.1, 0.15) is 17.2 Å². The molecule has 3 aromatic rings. The van der Waals surface area contributed by atoms with E-state index >= 15 is 0 Å². The molecule has 0 fully saturated rings. The summed E-state index contributed by atoms with van der Waals surface area (Å²) < 4.78 is 32.2. The van der Waals surface area contributed by atoms with Crippen LogP contribution in [0, 0.1) is 0 Å². The minimum Gasteiger partial charge on any atom is -0.506 e. The Hall–Kier alpha value is -3.39. The van der Waals surface area contributed by atoms with E-state index in [2.05, 4.69) is 0 Å². The molecule has 0 saturated carbocycles. The first-order valence-corrected chi connectivity index (χ1v) is 10.4. The van der Waals surface area contributed by atoms with E-state index in [0.717, 1.165) is 45.4 Å². The molecule has 0 aromatic heterocycles. The van der Waals surface area contributed by atoms with E-state index in [-0.39, 0.29) is 11.4 Å². The molecule has 4 rings (SSSR count). The Bertz CT molecular complexity index is 1200. The molecule has 0 spiro atoms. The van der Waals surface area contributed by atoms with E-state index < -0.39 is 16.1 Å². The minimum atomic E-state index is -3.97. The maximum Gasteiger partial charge on any atom is 0.330 e. The summed E-state index contributed by atoms with van der Waals surface area (Å²) in [5.41, 5.74) is 2.35. The van der Waals surface area contributed by atoms with E-state index in [1.54, 1.807) is 13.2 Å². The standard InChI is InChI=1S/C21H20N2O5S/c1-28-18-8-5-14(6-9-18)2-3-15-4-7-16-12-20(24)19(11-17(16)10-15)23-13-21(25)22-29(23,26)27/h4-13,22,24-25H,2-3H2,1H3. The van der Waals surface area contributed by atoms with Crippen molar-refractivity contribution < 1.29 is 23.4 Å². The molecule has 0 atom stereocenters. The van der Waals surface area contributed by atoms with Crippen LogP contribution < -0.4 is 13.8 Å². The average Bonchev–Trinajstić information content (AvgIpc) is 2.98. The smallest absolute Gasteiger partial charge is 0.330 e. The number of aliphatic hydroxyl groups is 1. The van der Waals surface area contributed by atoms with Crippen molar-refractivity contribution in [2.45, 2.75) is 12.8 Å². The lowest BCUT2D eigenvalue weighted by atomic mass is 10.0. The van der Waals surface area contributed by atoms with E-state index in [1.165, 1.54) is 11.6 Å². The van der Waals surface area contributed by atoms with Crippen LogP contribution in [0.3, 0.4) is 0 Å². The quantitative estimate of drug-likeness (QED) is 0.597. The van der Waals surface area contributed by atoms with Gasteiger partial charge in [-0.2, -0.15) is 8.42 Å². The maximum absolute atomic E-state index is 12.1. The van der Waals surface area contributed by atoms with Gasteiger partial charge in [0.05, 0.1) is 13.3 Å². The molecule has 150 valence electrons. The van der Waals surface area contributed by atoms with Gasteiger partial charge in [0, 0.05) is 0 Å². The average molecular weight is 412 g/mol. The topological polar surface area (TPSA) is 99.1 Å². The van der Waals surface area contributed by atoms with Crippen LogP contribution in [0.25, 0.3) is 10.8 Å². The first kappa shape index (κ1) is 18.9. The number of ether oxygens (including phenoxy) is 1. The van der Waals surface area contributed by atoms with Gasteiger partial charge in [0.15, 0.2) is 0 Å². The molecule has 0 aliphatic carbocycles. The molecule has 3 aromatic carbocycles. The number of benzene rings is 3. The number of methoxy groups -OCH3 is 1. The number of aliphatic hydroxyl groups excluding tert-OH is 1. The van der Waals surface area contributed by atoms with Crippen LogP contribution in [0.15, 0.2) is 66.7 Å². The highest BCUT2D eigenvalue weighted by Crippen LogP contribution is 2.36. The van der Waals surface area contributed by atoms with Crippen LogP contribution in [-0.4, -0.2) is 25.7 Å². The Morgan fingerprint density at radius 2 is 1.62 bits per heavy atom. The van der Waals surface area contributed by atoms with Gasteiger partial charge in [-0.05, 0) is 59.0 Å². The van der Waals surface area contributed by atoms with Crippen molar-refractivity contribution in [3.8, 4) is 11.5 Å². The number of phenolic OH excluding ortho intramolecular Hbond substituents is 1. The molecule has 1 heterocycles. The number of nitrogens with zero attached hydrogens (tertiary/aromatic N) is 1. The van der Waals surface area contributed by atoms with Gasteiger partial charge in [-0.1, -0.05) is 30.3 Å². The summed E-state index contributed by atoms with van der Waals surface area (Å²) in [6.07, 6.45) is 2.67. The molecule has 3 N–H and O–H groups in total. The lowest BCUT2D eigenvalue weighted by molar-refractivity contribution is 0.392. The lowest BCUT2D eigenvalue weighted by Crippen LogP contribution is -2.29. The molecular weight excluding hydrogens is 392 g/mol. The third-order valence-electron chi connectivity index (χ3n) is 4.83. The Kier molecular flexibility index (Phi) is 4.71. The fraction of sp³-hybridized carbons (Fsp3) is 0.143. The van der Waals surface area contributed by atoms with Gasteiger partial charge in [-0.15, -0.1) is 0 Å². The summed E-state index contributed by atoms with van der Waals surface area (Å²) in [5, 5.41) is 21.4. The summed E-state index contributed by atoms with van der Waals surface area (Å²) in [6.45, 7) is 0. The molecule has 0 saturated heterocycles. The summed E-state index contributed by atoms with van der Waals surface area (Å²) in [7, 11) is -2.34. The van der Waals surface area contributed by atoms with Crippen molar-refractivity contribution in [1.29, 1.82) is 0 Å². The molecule has 0 unspecified atom stereocenters. The van der Waals surface area contributed by atoms with Crippen molar-refractivity contribution in [2.75, 3.05) is 11.4 Å². The van der Waals surface area contributed by atoms with Crippen LogP contribution >= 0.6 is 0 Å². The zero-order chi connectivity index (χ0) is 20.6. The third kappa shape index (κ3) is 3.79. The predicted molar refractivity (Wildman–Crippen MR) is 111 cm³/mol. The normalized spacial score (nSPS) is 15.2. The van der Waals surface area contributed by atoms with Crippen LogP contribution in [0.2, 0.25) is 0 Å². The van der Waals surface area contributed by atoms with Crippen molar-refractivity contribution >= 4 is 26.7 Å². The second kappa shape index (κ2) is 7.21. The molecule has 1 aliphatic heterocycles. The second-order valence-electron chi connectivity index (χ2n) is 6.79. The lowest BCUT2D eigenvalue weighted by Gasteiger charge is -2.16. The fourth-order valence-corrected chi connectivity index (χ4v) is 4.38. The Balaban J connectivity index is 1.62. The third-order valence-corrected chi connectivity index (χ3v) is 6.12. The van der Waals surface area contributed by atoms with E-state index in [0.29, 0.717) is 0 Å². The van der Waals surface area contributed by atoms with Crippen molar-refractivity contribution in [3.63, 3.8) is 0 Å². The summed E-state index contributed by atoms with van der Waals surface area (Å²) in [6, 6.07) is 16.9. The molecule has 8 heteroatoms. The Morgan fingerprint density at radius 1 is 0.931 bits per heavy atom. The van der Waals surface area contributed by atoms with Crippen molar-refractivity contribution in [3.05, 3.63) is 77.8 Å². The number of fused-ring (bicyclic) bond motifs is 1. The number of phenols is 1. The van der Waals surface area contributed by atoms with Crippen molar-refractivity contribution in [1.82, 2.24) is 4.72 Å². The zero-order valence-electron chi connectivity index (χ0n) is 15.7. The maximum atomic E-state index is 12.1. The Morgan fingerprint density at radius 3 is 2.28 bits per heavy atom. The highest BCUT2D eigenvalue weighted by molar-refractivity contribution is 7.91. The molecule has 7 nitrogen and oxygen atoms in total. The van der Waals surface area contributed by atoms with Gasteiger partial charge in [0.25, 0.3) is 0 Å². The first-order valence-electron chi connectivity index (χ1n) is 8.97. The molecule has 1 aliphatic rings. The van der Waals surface area contributed by atoms with Gasteiger partial charge < -0.3 is 14.9 Å². The Labute approximate surface area is 168 Å².